The summed E-state index contributed by atoms with van der Waals surface area (Å²) < 4.78 is 38.7. The van der Waals surface area contributed by atoms with E-state index in [2.05, 4.69) is 119 Å². The van der Waals surface area contributed by atoms with Gasteiger partial charge < -0.3 is 38.7 Å². The number of aliphatic hydroxyl groups is 1. The van der Waals surface area contributed by atoms with Crippen LogP contribution in [0.25, 0.3) is 22.3 Å². The van der Waals surface area contributed by atoms with E-state index in [-0.39, 0.29) is 54.0 Å². The number of hydrogen-bond donors (Lipinski definition) is 5. The van der Waals surface area contributed by atoms with Crippen molar-refractivity contribution in [2.75, 3.05) is 30.5 Å². The van der Waals surface area contributed by atoms with Gasteiger partial charge in [-0.2, -0.15) is 5.26 Å². The van der Waals surface area contributed by atoms with Crippen LogP contribution in [-0.4, -0.2) is 114 Å². The fraction of sp³-hybridized carbons (Fsp3) is 0.317. The zero-order valence-corrected chi connectivity index (χ0v) is 51.6. The Labute approximate surface area is 510 Å². The number of anilines is 2. The number of fused-ring (bicyclic) bond motifs is 2. The summed E-state index contributed by atoms with van der Waals surface area (Å²) in [7, 11) is -2.73. The minimum Gasteiger partial charge on any atom is -0.408 e. The number of carbonyl (C=O) groups excluding carboxylic acids is 2. The van der Waals surface area contributed by atoms with Crippen molar-refractivity contribution >= 4 is 72.5 Å². The van der Waals surface area contributed by atoms with E-state index in [1.54, 1.807) is 65.8 Å². The minimum absolute atomic E-state index is 0.00919. The molecule has 2 aliphatic rings. The highest BCUT2D eigenvalue weighted by Crippen LogP contribution is 2.51. The number of nitrogens with zero attached hydrogens (tertiary/aromatic N) is 9. The minimum atomic E-state index is -3.79. The van der Waals surface area contributed by atoms with Crippen LogP contribution in [0.3, 0.4) is 0 Å². The van der Waals surface area contributed by atoms with E-state index in [9.17, 15) is 20.0 Å². The molecule has 448 valence electrons. The molecular formula is C63H68N13O8PSSi. The summed E-state index contributed by atoms with van der Waals surface area (Å²) in [6, 6.07) is 49.1. The summed E-state index contributed by atoms with van der Waals surface area (Å²) in [5, 5.41) is 34.5. The Morgan fingerprint density at radius 2 is 1.13 bits per heavy atom. The van der Waals surface area contributed by atoms with Crippen molar-refractivity contribution in [2.45, 2.75) is 101 Å². The summed E-state index contributed by atoms with van der Waals surface area (Å²) in [4.78, 5) is 54.6. The molecule has 0 saturated carbocycles. The molecule has 11 rings (SSSR count). The molecule has 2 unspecified atom stereocenters. The molecule has 2 amide bonds. The average molecular weight is 1230 g/mol. The largest absolute Gasteiger partial charge is 0.408 e. The molecule has 2 aliphatic heterocycles. The van der Waals surface area contributed by atoms with E-state index < -0.39 is 70.0 Å². The summed E-state index contributed by atoms with van der Waals surface area (Å²) in [6.45, 7) is 8.19. The second-order valence-corrected chi connectivity index (χ2v) is 30.9. The zero-order chi connectivity index (χ0) is 60.9. The van der Waals surface area contributed by atoms with Gasteiger partial charge in [0.2, 0.25) is 0 Å². The van der Waals surface area contributed by atoms with Gasteiger partial charge in [0.1, 0.15) is 31.1 Å². The molecule has 2 fully saturated rings. The van der Waals surface area contributed by atoms with Crippen LogP contribution in [0, 0.1) is 17.2 Å². The van der Waals surface area contributed by atoms with Crippen molar-refractivity contribution in [3.05, 3.63) is 205 Å². The highest BCUT2D eigenvalue weighted by Gasteiger charge is 2.54. The van der Waals surface area contributed by atoms with Gasteiger partial charge in [-0.1, -0.05) is 155 Å². The highest BCUT2D eigenvalue weighted by atomic mass is 32.5. The molecule has 5 N–H and O–H groups in total. The van der Waals surface area contributed by atoms with Gasteiger partial charge in [-0.05, 0) is 70.9 Å². The summed E-state index contributed by atoms with van der Waals surface area (Å²) in [5.74, 6) is -0.692. The van der Waals surface area contributed by atoms with Gasteiger partial charge in [0.15, 0.2) is 48.5 Å². The third-order valence-electron chi connectivity index (χ3n) is 16.5. The number of carbonyl (C=O) groups is 2. The number of aliphatic hydroxyl groups excluding tert-OH is 1. The first-order chi connectivity index (χ1) is 42.0. The predicted molar refractivity (Wildman–Crippen MR) is 335 cm³/mol. The first-order valence-corrected chi connectivity index (χ1v) is 34.2. The van der Waals surface area contributed by atoms with Gasteiger partial charge in [0, 0.05) is 23.1 Å². The fourth-order valence-electron chi connectivity index (χ4n) is 11.0. The number of nitriles is 1. The lowest BCUT2D eigenvalue weighted by molar-refractivity contribution is -0.0464. The molecule has 24 heteroatoms. The van der Waals surface area contributed by atoms with Crippen LogP contribution < -0.4 is 21.0 Å². The quantitative estimate of drug-likeness (QED) is 0.0183. The standard InChI is InChI=1S/C63H68N13O8PSSi/c1-41-49(73-63(44-27-16-9-17-28-44,45-29-18-10-19-30-45)46-31-20-11-21-32-46)48(83-60(41)75-39-69-51-54(65-37-67-56(51)75)71-58(78)42-23-12-7-13-24-42)36-81-85(86,80-34-22-33-64)74-50-47(35-77)82-61(53(50)84-87(5,6)62(2,3)4)76-40-70-52-55(66-38-68-57(52)76)72-59(79)43-25-14-8-15-26-43/h7-21,23-32,37-41,47-50,53,60-61,73,77H,22,34-36H2,1-6H3,(H,74,86)(H,65,67,71,78)(H,66,68,72,79)/t41-,47-,48-,49?,50-,53-,60-,61-,85?/m1/s1. The summed E-state index contributed by atoms with van der Waals surface area (Å²) in [5.41, 5.74) is 4.22. The molecular weight excluding hydrogens is 1160 g/mol. The number of imidazole rings is 2. The number of hydrogen-bond acceptors (Lipinski definition) is 17. The predicted octanol–water partition coefficient (Wildman–Crippen LogP) is 10.1. The van der Waals surface area contributed by atoms with E-state index in [1.165, 1.54) is 12.7 Å². The smallest absolute Gasteiger partial charge is 0.261 e. The van der Waals surface area contributed by atoms with Crippen LogP contribution in [0.15, 0.2) is 177 Å². The lowest BCUT2D eigenvalue weighted by atomic mass is 9.75. The fourth-order valence-corrected chi connectivity index (χ4v) is 14.7. The van der Waals surface area contributed by atoms with Gasteiger partial charge >= 0.3 is 0 Å². The molecule has 0 bridgehead atoms. The molecule has 0 aliphatic carbocycles. The Kier molecular flexibility index (Phi) is 18.1. The number of aromatic nitrogens is 8. The van der Waals surface area contributed by atoms with E-state index in [0.717, 1.165) is 16.7 Å². The van der Waals surface area contributed by atoms with Crippen LogP contribution in [0.5, 0.6) is 0 Å². The van der Waals surface area contributed by atoms with Gasteiger partial charge in [-0.25, -0.2) is 35.0 Å². The Bertz CT molecular complexity index is 3840. The molecule has 4 aromatic heterocycles. The van der Waals surface area contributed by atoms with Crippen LogP contribution in [-0.2, 0) is 40.3 Å². The van der Waals surface area contributed by atoms with Gasteiger partial charge in [0.05, 0.1) is 62.7 Å². The lowest BCUT2D eigenvalue weighted by Crippen LogP contribution is -2.55. The van der Waals surface area contributed by atoms with Crippen LogP contribution >= 0.6 is 6.64 Å². The Morgan fingerprint density at radius 3 is 1.59 bits per heavy atom. The van der Waals surface area contributed by atoms with Crippen LogP contribution in [0.1, 0.15) is 84.0 Å². The van der Waals surface area contributed by atoms with Crippen molar-refractivity contribution in [1.82, 2.24) is 49.4 Å². The number of amides is 2. The second-order valence-electron chi connectivity index (χ2n) is 23.0. The molecule has 87 heavy (non-hydrogen) atoms. The van der Waals surface area contributed by atoms with E-state index in [0.29, 0.717) is 33.5 Å². The number of benzene rings is 5. The molecule has 9 atom stereocenters. The zero-order valence-electron chi connectivity index (χ0n) is 48.9. The van der Waals surface area contributed by atoms with Gasteiger partial charge in [-0.3, -0.25) is 24.0 Å². The SMILES string of the molecule is C[C@@H]1C(NC(c2ccccc2)(c2ccccc2)c2ccccc2)[C@@H](COP(=S)(N[C@H]2[C@@H](O[Si](C)(C)C(C)(C)C)[C@H](n3cnc4c(NC(=O)c5ccccc5)ncnc43)O[C@@H]2CO)OCCC#N)O[C@H]1n1cnc2c(NC(=O)c3ccccc3)ncnc21. The molecule has 9 aromatic rings. The van der Waals surface area contributed by atoms with Crippen molar-refractivity contribution in [3.8, 4) is 6.07 Å². The van der Waals surface area contributed by atoms with Crippen molar-refractivity contribution in [2.24, 2.45) is 5.92 Å². The molecule has 2 saturated heterocycles. The van der Waals surface area contributed by atoms with Crippen molar-refractivity contribution in [3.63, 3.8) is 0 Å². The maximum Gasteiger partial charge on any atom is 0.261 e. The van der Waals surface area contributed by atoms with Gasteiger partial charge in [-0.15, -0.1) is 0 Å². The summed E-state index contributed by atoms with van der Waals surface area (Å²) in [6.07, 6.45) is 1.55. The monoisotopic (exact) mass is 1230 g/mol. The Morgan fingerprint density at radius 1 is 0.667 bits per heavy atom. The lowest BCUT2D eigenvalue weighted by Gasteiger charge is -2.42. The third kappa shape index (κ3) is 12.5. The highest BCUT2D eigenvalue weighted by molar-refractivity contribution is 8.09. The molecule has 0 spiro atoms. The molecule has 6 heterocycles. The molecule has 5 aromatic carbocycles. The maximum absolute atomic E-state index is 13.5. The Balaban J connectivity index is 0.972. The normalized spacial score (nSPS) is 21.4. The third-order valence-corrected chi connectivity index (χ3v) is 23.5. The first-order valence-electron chi connectivity index (χ1n) is 28.7. The second kappa shape index (κ2) is 25.9. The first kappa shape index (κ1) is 60.8. The van der Waals surface area contributed by atoms with E-state index >= 15 is 0 Å². The summed E-state index contributed by atoms with van der Waals surface area (Å²) >= 11 is 6.57. The maximum atomic E-state index is 13.5. The topological polar surface area (TPSA) is 260 Å². The van der Waals surface area contributed by atoms with Gasteiger partial charge in [0.25, 0.3) is 18.5 Å². The average Bonchev–Trinajstić information content (AvgIpc) is 1.88. The Hall–Kier alpha value is -7.82. The number of ether oxygens (including phenoxy) is 2. The van der Waals surface area contributed by atoms with Crippen molar-refractivity contribution < 1.29 is 37.6 Å². The number of nitrogens with one attached hydrogen (secondary N) is 4. The van der Waals surface area contributed by atoms with E-state index in [4.69, 9.17) is 49.7 Å². The molecule has 0 radical (unpaired) electrons. The van der Waals surface area contributed by atoms with Crippen LogP contribution in [0.2, 0.25) is 18.1 Å². The van der Waals surface area contributed by atoms with E-state index in [1.807, 2.05) is 71.3 Å². The number of rotatable bonds is 22. The van der Waals surface area contributed by atoms with Crippen LogP contribution in [0.4, 0.5) is 11.6 Å². The molecule has 21 nitrogen and oxygen atoms in total. The van der Waals surface area contributed by atoms with Crippen molar-refractivity contribution in [1.29, 1.82) is 5.26 Å².